The Kier molecular flexibility index (Phi) is 7.40. The molecule has 0 aromatic heterocycles. The number of sulfonamides is 1. The van der Waals surface area contributed by atoms with E-state index in [-0.39, 0.29) is 17.3 Å². The van der Waals surface area contributed by atoms with Gasteiger partial charge in [0.15, 0.2) is 0 Å². The van der Waals surface area contributed by atoms with Gasteiger partial charge in [0.25, 0.3) is 0 Å². The standard InChI is InChI=1S/C20H23Cl2N3O3S/c21-15-5-10-18(22)19(13-15)24-20(26)14-23-16-6-8-17(9-7-16)29(27,28)25-11-3-1-2-4-12-25/h5-10,13,23H,1-4,11-12,14H2,(H,24,26). The molecule has 2 aromatic rings. The van der Waals surface area contributed by atoms with Crippen LogP contribution in [0.25, 0.3) is 0 Å². The zero-order valence-electron chi connectivity index (χ0n) is 15.8. The van der Waals surface area contributed by atoms with Gasteiger partial charge < -0.3 is 10.6 Å². The molecule has 0 radical (unpaired) electrons. The van der Waals surface area contributed by atoms with Gasteiger partial charge in [0, 0.05) is 23.8 Å². The molecule has 9 heteroatoms. The number of nitrogens with zero attached hydrogens (tertiary/aromatic N) is 1. The number of nitrogens with one attached hydrogen (secondary N) is 2. The lowest BCUT2D eigenvalue weighted by molar-refractivity contribution is -0.114. The van der Waals surface area contributed by atoms with Crippen LogP contribution < -0.4 is 10.6 Å². The Morgan fingerprint density at radius 2 is 1.62 bits per heavy atom. The van der Waals surface area contributed by atoms with E-state index in [0.717, 1.165) is 25.7 Å². The van der Waals surface area contributed by atoms with Gasteiger partial charge in [-0.1, -0.05) is 36.0 Å². The minimum Gasteiger partial charge on any atom is -0.376 e. The van der Waals surface area contributed by atoms with E-state index in [2.05, 4.69) is 10.6 Å². The average molecular weight is 456 g/mol. The number of hydrogen-bond acceptors (Lipinski definition) is 4. The largest absolute Gasteiger partial charge is 0.376 e. The van der Waals surface area contributed by atoms with Crippen LogP contribution >= 0.6 is 23.2 Å². The van der Waals surface area contributed by atoms with Gasteiger partial charge in [0.05, 0.1) is 22.2 Å². The number of hydrogen-bond donors (Lipinski definition) is 2. The van der Waals surface area contributed by atoms with Crippen molar-refractivity contribution >= 4 is 50.5 Å². The predicted octanol–water partition coefficient (Wildman–Crippen LogP) is 4.61. The molecule has 0 aliphatic carbocycles. The Morgan fingerprint density at radius 3 is 2.28 bits per heavy atom. The van der Waals surface area contributed by atoms with Crippen molar-refractivity contribution in [3.8, 4) is 0 Å². The van der Waals surface area contributed by atoms with Gasteiger partial charge in [0.1, 0.15) is 0 Å². The van der Waals surface area contributed by atoms with Crippen LogP contribution in [0.4, 0.5) is 11.4 Å². The topological polar surface area (TPSA) is 78.5 Å². The molecule has 0 spiro atoms. The summed E-state index contributed by atoms with van der Waals surface area (Å²) in [6, 6.07) is 11.3. The number of benzene rings is 2. The smallest absolute Gasteiger partial charge is 0.243 e. The highest BCUT2D eigenvalue weighted by Gasteiger charge is 2.24. The summed E-state index contributed by atoms with van der Waals surface area (Å²) in [5.41, 5.74) is 1.08. The molecule has 156 valence electrons. The highest BCUT2D eigenvalue weighted by molar-refractivity contribution is 7.89. The minimum atomic E-state index is -3.48. The van der Waals surface area contributed by atoms with E-state index in [1.807, 2.05) is 0 Å². The van der Waals surface area contributed by atoms with Crippen LogP contribution in [0, 0.1) is 0 Å². The molecule has 3 rings (SSSR count). The van der Waals surface area contributed by atoms with E-state index in [1.54, 1.807) is 46.8 Å². The molecule has 1 amide bonds. The number of rotatable bonds is 6. The van der Waals surface area contributed by atoms with E-state index in [1.165, 1.54) is 0 Å². The maximum atomic E-state index is 12.8. The zero-order valence-corrected chi connectivity index (χ0v) is 18.2. The van der Waals surface area contributed by atoms with Crippen LogP contribution in [0.5, 0.6) is 0 Å². The highest BCUT2D eigenvalue weighted by Crippen LogP contribution is 2.25. The molecule has 6 nitrogen and oxygen atoms in total. The summed E-state index contributed by atoms with van der Waals surface area (Å²) in [6.45, 7) is 1.13. The first-order chi connectivity index (χ1) is 13.9. The summed E-state index contributed by atoms with van der Waals surface area (Å²) >= 11 is 11.9. The summed E-state index contributed by atoms with van der Waals surface area (Å²) in [5, 5.41) is 6.52. The van der Waals surface area contributed by atoms with E-state index < -0.39 is 10.0 Å². The third kappa shape index (κ3) is 5.85. The van der Waals surface area contributed by atoms with Crippen LogP contribution in [0.2, 0.25) is 10.0 Å². The third-order valence-corrected chi connectivity index (χ3v) is 7.19. The van der Waals surface area contributed by atoms with Gasteiger partial charge in [-0.25, -0.2) is 8.42 Å². The normalized spacial score (nSPS) is 15.5. The molecule has 0 saturated carbocycles. The van der Waals surface area contributed by atoms with Gasteiger partial charge in [-0.2, -0.15) is 4.31 Å². The van der Waals surface area contributed by atoms with Crippen molar-refractivity contribution in [2.24, 2.45) is 0 Å². The van der Waals surface area contributed by atoms with Crippen molar-refractivity contribution in [3.63, 3.8) is 0 Å². The number of carbonyl (C=O) groups excluding carboxylic acids is 1. The first kappa shape index (κ1) is 21.9. The first-order valence-electron chi connectivity index (χ1n) is 9.45. The Balaban J connectivity index is 1.59. The molecule has 0 unspecified atom stereocenters. The maximum Gasteiger partial charge on any atom is 0.243 e. The molecule has 0 bridgehead atoms. The van der Waals surface area contributed by atoms with Gasteiger partial charge >= 0.3 is 0 Å². The molecule has 2 N–H and O–H groups in total. The van der Waals surface area contributed by atoms with Crippen molar-refractivity contribution in [3.05, 3.63) is 52.5 Å². The molecule has 29 heavy (non-hydrogen) atoms. The summed E-state index contributed by atoms with van der Waals surface area (Å²) in [4.78, 5) is 12.4. The fraction of sp³-hybridized carbons (Fsp3) is 0.350. The van der Waals surface area contributed by atoms with Crippen molar-refractivity contribution in [2.45, 2.75) is 30.6 Å². The van der Waals surface area contributed by atoms with Crippen molar-refractivity contribution < 1.29 is 13.2 Å². The maximum absolute atomic E-state index is 12.8. The van der Waals surface area contributed by atoms with Crippen LogP contribution in [-0.2, 0) is 14.8 Å². The van der Waals surface area contributed by atoms with E-state index >= 15 is 0 Å². The number of amides is 1. The third-order valence-electron chi connectivity index (χ3n) is 4.71. The predicted molar refractivity (Wildman–Crippen MR) is 117 cm³/mol. The SMILES string of the molecule is O=C(CNc1ccc(S(=O)(=O)N2CCCCCC2)cc1)Nc1cc(Cl)ccc1Cl. The molecule has 0 atom stereocenters. The van der Waals surface area contributed by atoms with Crippen LogP contribution in [-0.4, -0.2) is 38.3 Å². The molecule has 2 aromatic carbocycles. The van der Waals surface area contributed by atoms with E-state index in [9.17, 15) is 13.2 Å². The molecule has 1 aliphatic heterocycles. The van der Waals surface area contributed by atoms with Gasteiger partial charge in [-0.15, -0.1) is 0 Å². The summed E-state index contributed by atoms with van der Waals surface area (Å²) < 4.78 is 27.2. The zero-order chi connectivity index (χ0) is 20.9. The average Bonchev–Trinajstić information content (AvgIpc) is 3.00. The molecular formula is C20H23Cl2N3O3S. The Morgan fingerprint density at radius 1 is 0.966 bits per heavy atom. The summed E-state index contributed by atoms with van der Waals surface area (Å²) in [5.74, 6) is -0.296. The molecule has 1 saturated heterocycles. The van der Waals surface area contributed by atoms with Gasteiger partial charge in [-0.05, 0) is 55.3 Å². The Hall–Kier alpha value is -1.80. The first-order valence-corrected chi connectivity index (χ1v) is 11.6. The second-order valence-corrected chi connectivity index (χ2v) is 9.65. The monoisotopic (exact) mass is 455 g/mol. The summed E-state index contributed by atoms with van der Waals surface area (Å²) in [6.07, 6.45) is 3.92. The lowest BCUT2D eigenvalue weighted by atomic mass is 10.2. The van der Waals surface area contributed by atoms with Crippen LogP contribution in [0.1, 0.15) is 25.7 Å². The van der Waals surface area contributed by atoms with E-state index in [4.69, 9.17) is 23.2 Å². The number of carbonyl (C=O) groups is 1. The van der Waals surface area contributed by atoms with Gasteiger partial charge in [-0.3, -0.25) is 4.79 Å². The van der Waals surface area contributed by atoms with Crippen LogP contribution in [0.3, 0.4) is 0 Å². The van der Waals surface area contributed by atoms with Gasteiger partial charge in [0.2, 0.25) is 15.9 Å². The van der Waals surface area contributed by atoms with E-state index in [0.29, 0.717) is 34.5 Å². The summed E-state index contributed by atoms with van der Waals surface area (Å²) in [7, 11) is -3.48. The lowest BCUT2D eigenvalue weighted by Gasteiger charge is -2.20. The minimum absolute atomic E-state index is 0.00106. The highest BCUT2D eigenvalue weighted by atomic mass is 35.5. The fourth-order valence-corrected chi connectivity index (χ4v) is 5.00. The molecule has 1 heterocycles. The quantitative estimate of drug-likeness (QED) is 0.666. The molecule has 1 fully saturated rings. The number of halogens is 2. The van der Waals surface area contributed by atoms with Crippen molar-refractivity contribution in [1.82, 2.24) is 4.31 Å². The second-order valence-electron chi connectivity index (χ2n) is 6.87. The van der Waals surface area contributed by atoms with Crippen molar-refractivity contribution in [2.75, 3.05) is 30.3 Å². The molecule has 1 aliphatic rings. The number of anilines is 2. The Bertz CT molecular complexity index is 957. The lowest BCUT2D eigenvalue weighted by Crippen LogP contribution is -2.31. The van der Waals surface area contributed by atoms with Crippen LogP contribution in [0.15, 0.2) is 47.4 Å². The Labute approximate surface area is 181 Å². The second kappa shape index (κ2) is 9.80. The molecular weight excluding hydrogens is 433 g/mol. The van der Waals surface area contributed by atoms with Crippen molar-refractivity contribution in [1.29, 1.82) is 0 Å². The fourth-order valence-electron chi connectivity index (χ4n) is 3.15.